The van der Waals surface area contributed by atoms with Gasteiger partial charge in [-0.2, -0.15) is 9.97 Å². The lowest BCUT2D eigenvalue weighted by atomic mass is 10.1. The second-order valence-electron chi connectivity index (χ2n) is 7.77. The van der Waals surface area contributed by atoms with Gasteiger partial charge < -0.3 is 25.6 Å². The first kappa shape index (κ1) is 23.6. The Balaban J connectivity index is 1.17. The number of aromatic nitrogens is 4. The Morgan fingerprint density at radius 2 is 1.77 bits per heavy atom. The first-order valence-electron chi connectivity index (χ1n) is 10.9. The molecule has 13 heteroatoms. The normalized spacial score (nSPS) is 13.3. The number of ether oxygens (including phenoxy) is 1. The number of hydroxylamine groups is 2. The number of anilines is 1. The molecule has 0 bridgehead atoms. The number of imidazole rings is 1. The average molecular weight is 481 g/mol. The SMILES string of the molecule is Nc1nc(OCc2ccc(CNC(=O)CCCC(=O)ON3C(=O)CCC3=O)cc2)c2[nH]cnc2n1. The van der Waals surface area contributed by atoms with E-state index in [0.29, 0.717) is 28.7 Å². The van der Waals surface area contributed by atoms with E-state index in [-0.39, 0.29) is 50.6 Å². The zero-order valence-electron chi connectivity index (χ0n) is 18.7. The van der Waals surface area contributed by atoms with E-state index >= 15 is 0 Å². The highest BCUT2D eigenvalue weighted by molar-refractivity contribution is 6.01. The van der Waals surface area contributed by atoms with Crippen molar-refractivity contribution in [1.82, 2.24) is 30.3 Å². The number of carbonyl (C=O) groups excluding carboxylic acids is 4. The zero-order valence-corrected chi connectivity index (χ0v) is 18.7. The predicted molar refractivity (Wildman–Crippen MR) is 120 cm³/mol. The fraction of sp³-hybridized carbons (Fsp3) is 0.318. The average Bonchev–Trinajstić information content (AvgIpc) is 3.43. The molecule has 0 radical (unpaired) electrons. The molecule has 13 nitrogen and oxygen atoms in total. The molecule has 3 amide bonds. The number of nitrogens with two attached hydrogens (primary N) is 1. The monoisotopic (exact) mass is 481 g/mol. The molecule has 1 aliphatic rings. The summed E-state index contributed by atoms with van der Waals surface area (Å²) in [6.45, 7) is 0.570. The van der Waals surface area contributed by atoms with Crippen molar-refractivity contribution in [3.8, 4) is 5.88 Å². The molecule has 4 N–H and O–H groups in total. The van der Waals surface area contributed by atoms with Gasteiger partial charge in [-0.1, -0.05) is 24.3 Å². The predicted octanol–water partition coefficient (Wildman–Crippen LogP) is 0.908. The lowest BCUT2D eigenvalue weighted by Gasteiger charge is -2.12. The molecule has 0 spiro atoms. The smallest absolute Gasteiger partial charge is 0.333 e. The van der Waals surface area contributed by atoms with Crippen LogP contribution in [-0.4, -0.2) is 48.7 Å². The molecule has 182 valence electrons. The Labute approximate surface area is 199 Å². The summed E-state index contributed by atoms with van der Waals surface area (Å²) >= 11 is 0. The summed E-state index contributed by atoms with van der Waals surface area (Å²) in [4.78, 5) is 66.5. The van der Waals surface area contributed by atoms with Gasteiger partial charge in [-0.05, 0) is 17.5 Å². The zero-order chi connectivity index (χ0) is 24.8. The minimum atomic E-state index is -0.725. The summed E-state index contributed by atoms with van der Waals surface area (Å²) in [6, 6.07) is 7.46. The molecule has 0 aliphatic carbocycles. The van der Waals surface area contributed by atoms with E-state index in [4.69, 9.17) is 15.3 Å². The van der Waals surface area contributed by atoms with Crippen LogP contribution in [0.3, 0.4) is 0 Å². The summed E-state index contributed by atoms with van der Waals surface area (Å²) in [5.41, 5.74) is 8.43. The van der Waals surface area contributed by atoms with Gasteiger partial charge in [0.1, 0.15) is 12.1 Å². The maximum Gasteiger partial charge on any atom is 0.333 e. The quantitative estimate of drug-likeness (QED) is 0.352. The van der Waals surface area contributed by atoms with Gasteiger partial charge in [0.15, 0.2) is 5.65 Å². The molecule has 1 saturated heterocycles. The highest BCUT2D eigenvalue weighted by Crippen LogP contribution is 2.21. The number of nitrogens with one attached hydrogen (secondary N) is 2. The summed E-state index contributed by atoms with van der Waals surface area (Å²) in [7, 11) is 0. The number of rotatable bonds is 10. The number of hydrogen-bond donors (Lipinski definition) is 3. The molecule has 2 aromatic heterocycles. The van der Waals surface area contributed by atoms with E-state index in [0.717, 1.165) is 11.1 Å². The van der Waals surface area contributed by atoms with Crippen molar-refractivity contribution in [2.75, 3.05) is 5.73 Å². The molecule has 1 fully saturated rings. The van der Waals surface area contributed by atoms with Gasteiger partial charge in [0.25, 0.3) is 11.8 Å². The first-order valence-corrected chi connectivity index (χ1v) is 10.9. The van der Waals surface area contributed by atoms with Crippen molar-refractivity contribution in [2.24, 2.45) is 0 Å². The topological polar surface area (TPSA) is 182 Å². The standard InChI is InChI=1S/C22H23N7O6/c23-22-27-20-19(25-12-26-20)21(28-22)34-11-14-6-4-13(5-7-14)10-24-15(30)2-1-3-18(33)35-29-16(31)8-9-17(29)32/h4-7,12H,1-3,8-11H2,(H,24,30)(H3,23,25,26,27,28). The Kier molecular flexibility index (Phi) is 7.14. The summed E-state index contributed by atoms with van der Waals surface area (Å²) in [5.74, 6) is -1.65. The van der Waals surface area contributed by atoms with Crippen LogP contribution in [-0.2, 0) is 37.2 Å². The van der Waals surface area contributed by atoms with Crippen LogP contribution in [0.15, 0.2) is 30.6 Å². The van der Waals surface area contributed by atoms with Crippen LogP contribution in [0, 0.1) is 0 Å². The maximum atomic E-state index is 12.1. The third-order valence-corrected chi connectivity index (χ3v) is 5.14. The van der Waals surface area contributed by atoms with Crippen molar-refractivity contribution >= 4 is 40.8 Å². The number of nitrogen functional groups attached to an aromatic ring is 1. The Hall–Kier alpha value is -4.55. The van der Waals surface area contributed by atoms with Gasteiger partial charge >= 0.3 is 5.97 Å². The molecule has 0 unspecified atom stereocenters. The Morgan fingerprint density at radius 3 is 2.51 bits per heavy atom. The van der Waals surface area contributed by atoms with Crippen LogP contribution in [0.4, 0.5) is 5.95 Å². The number of amides is 3. The number of hydrogen-bond acceptors (Lipinski definition) is 10. The van der Waals surface area contributed by atoms with Crippen molar-refractivity contribution in [3.63, 3.8) is 0 Å². The lowest BCUT2D eigenvalue weighted by Crippen LogP contribution is -2.32. The number of H-pyrrole nitrogens is 1. The van der Waals surface area contributed by atoms with Gasteiger partial charge in [-0.25, -0.2) is 9.78 Å². The molecular weight excluding hydrogens is 458 g/mol. The summed E-state index contributed by atoms with van der Waals surface area (Å²) in [5, 5.41) is 3.28. The molecule has 0 saturated carbocycles. The van der Waals surface area contributed by atoms with Gasteiger partial charge in [-0.3, -0.25) is 14.4 Å². The first-order chi connectivity index (χ1) is 16.9. The number of aromatic amines is 1. The van der Waals surface area contributed by atoms with Crippen LogP contribution < -0.4 is 15.8 Å². The molecular formula is C22H23N7O6. The maximum absolute atomic E-state index is 12.1. The Morgan fingerprint density at radius 1 is 1.06 bits per heavy atom. The van der Waals surface area contributed by atoms with Gasteiger partial charge in [0, 0.05) is 32.2 Å². The minimum absolute atomic E-state index is 0.0360. The highest BCUT2D eigenvalue weighted by Gasteiger charge is 2.32. The Bertz CT molecular complexity index is 1240. The second-order valence-corrected chi connectivity index (χ2v) is 7.77. The third kappa shape index (κ3) is 6.07. The van der Waals surface area contributed by atoms with Crippen LogP contribution in [0.5, 0.6) is 5.88 Å². The van der Waals surface area contributed by atoms with Crippen molar-refractivity contribution < 1.29 is 28.8 Å². The van der Waals surface area contributed by atoms with E-state index in [2.05, 4.69) is 25.3 Å². The largest absolute Gasteiger partial charge is 0.471 e. The van der Waals surface area contributed by atoms with E-state index in [1.165, 1.54) is 6.33 Å². The molecule has 1 aromatic carbocycles. The molecule has 35 heavy (non-hydrogen) atoms. The van der Waals surface area contributed by atoms with E-state index in [1.807, 2.05) is 24.3 Å². The lowest BCUT2D eigenvalue weighted by molar-refractivity contribution is -0.197. The fourth-order valence-corrected chi connectivity index (χ4v) is 3.32. The highest BCUT2D eigenvalue weighted by atomic mass is 16.7. The fourth-order valence-electron chi connectivity index (χ4n) is 3.32. The van der Waals surface area contributed by atoms with E-state index < -0.39 is 17.8 Å². The van der Waals surface area contributed by atoms with Gasteiger partial charge in [0.05, 0.1) is 6.33 Å². The molecule has 3 aromatic rings. The van der Waals surface area contributed by atoms with Gasteiger partial charge in [0.2, 0.25) is 17.7 Å². The van der Waals surface area contributed by atoms with Crippen LogP contribution in [0.25, 0.3) is 11.2 Å². The number of imide groups is 1. The number of nitrogens with zero attached hydrogens (tertiary/aromatic N) is 4. The molecule has 1 aliphatic heterocycles. The van der Waals surface area contributed by atoms with Crippen LogP contribution in [0.2, 0.25) is 0 Å². The van der Waals surface area contributed by atoms with Crippen molar-refractivity contribution in [1.29, 1.82) is 0 Å². The minimum Gasteiger partial charge on any atom is -0.471 e. The number of benzene rings is 1. The van der Waals surface area contributed by atoms with Crippen LogP contribution in [0.1, 0.15) is 43.2 Å². The second kappa shape index (κ2) is 10.6. The molecule has 4 rings (SSSR count). The van der Waals surface area contributed by atoms with Crippen molar-refractivity contribution in [3.05, 3.63) is 41.7 Å². The number of carbonyl (C=O) groups is 4. The van der Waals surface area contributed by atoms with Crippen LogP contribution >= 0.6 is 0 Å². The third-order valence-electron chi connectivity index (χ3n) is 5.14. The van der Waals surface area contributed by atoms with Crippen molar-refractivity contribution in [2.45, 2.75) is 45.3 Å². The summed E-state index contributed by atoms with van der Waals surface area (Å²) < 4.78 is 5.75. The van der Waals surface area contributed by atoms with Gasteiger partial charge in [-0.15, -0.1) is 5.06 Å². The summed E-state index contributed by atoms with van der Waals surface area (Å²) in [6.07, 6.45) is 1.81. The van der Waals surface area contributed by atoms with E-state index in [1.54, 1.807) is 0 Å². The van der Waals surface area contributed by atoms with E-state index in [9.17, 15) is 19.2 Å². The molecule has 0 atom stereocenters. The molecule has 3 heterocycles. The number of fused-ring (bicyclic) bond motifs is 1.